The predicted octanol–water partition coefficient (Wildman–Crippen LogP) is 4.18. The van der Waals surface area contributed by atoms with Crippen LogP contribution < -0.4 is 4.90 Å². The molecule has 8 heteroatoms. The van der Waals surface area contributed by atoms with Gasteiger partial charge in [0.1, 0.15) is 17.5 Å². The summed E-state index contributed by atoms with van der Waals surface area (Å²) in [4.78, 5) is 26.5. The van der Waals surface area contributed by atoms with Crippen LogP contribution in [0.2, 0.25) is 0 Å². The Morgan fingerprint density at radius 1 is 1.00 bits per heavy atom. The maximum absolute atomic E-state index is 14.2. The van der Waals surface area contributed by atoms with Crippen LogP contribution >= 0.6 is 0 Å². The van der Waals surface area contributed by atoms with Gasteiger partial charge in [-0.05, 0) is 37.6 Å². The minimum atomic E-state index is -0.484. The molecule has 1 fully saturated rings. The molecule has 0 aliphatic carbocycles. The van der Waals surface area contributed by atoms with Gasteiger partial charge in [0.2, 0.25) is 0 Å². The molecule has 5 rings (SSSR count). The first kappa shape index (κ1) is 22.0. The van der Waals surface area contributed by atoms with Crippen LogP contribution in [-0.4, -0.2) is 56.7 Å². The SMILES string of the molecule is CCc1nc(N2CCCN(C(=O)c3ccccc3F)CC2)c2cnn(-c3ccc(C)cc3)c2n1. The summed E-state index contributed by atoms with van der Waals surface area (Å²) in [7, 11) is 0. The van der Waals surface area contributed by atoms with Gasteiger partial charge in [-0.1, -0.05) is 36.8 Å². The van der Waals surface area contributed by atoms with E-state index < -0.39 is 5.82 Å². The summed E-state index contributed by atoms with van der Waals surface area (Å²) >= 11 is 0. The normalized spacial score (nSPS) is 14.4. The van der Waals surface area contributed by atoms with Crippen LogP contribution in [0.15, 0.2) is 54.7 Å². The van der Waals surface area contributed by atoms with Crippen molar-refractivity contribution < 1.29 is 9.18 Å². The molecule has 1 amide bonds. The lowest BCUT2D eigenvalue weighted by Crippen LogP contribution is -2.36. The van der Waals surface area contributed by atoms with E-state index in [4.69, 9.17) is 9.97 Å². The molecule has 1 aliphatic heterocycles. The van der Waals surface area contributed by atoms with E-state index in [1.54, 1.807) is 23.1 Å². The third-order valence-corrected chi connectivity index (χ3v) is 6.24. The number of aryl methyl sites for hydroxylation is 2. The number of hydrogen-bond acceptors (Lipinski definition) is 5. The molecule has 2 aromatic carbocycles. The van der Waals surface area contributed by atoms with Crippen molar-refractivity contribution in [1.29, 1.82) is 0 Å². The minimum absolute atomic E-state index is 0.119. The van der Waals surface area contributed by atoms with Gasteiger partial charge in [0.05, 0.1) is 22.8 Å². The number of hydrogen-bond donors (Lipinski definition) is 0. The maximum Gasteiger partial charge on any atom is 0.256 e. The highest BCUT2D eigenvalue weighted by Gasteiger charge is 2.25. The van der Waals surface area contributed by atoms with Crippen molar-refractivity contribution in [1.82, 2.24) is 24.6 Å². The van der Waals surface area contributed by atoms with Crippen molar-refractivity contribution in [3.63, 3.8) is 0 Å². The number of amides is 1. The molecule has 0 unspecified atom stereocenters. The Bertz CT molecular complexity index is 1330. The van der Waals surface area contributed by atoms with Crippen LogP contribution in [0.4, 0.5) is 10.2 Å². The summed E-state index contributed by atoms with van der Waals surface area (Å²) < 4.78 is 16.0. The fourth-order valence-corrected chi connectivity index (χ4v) is 4.35. The molecule has 4 aromatic rings. The van der Waals surface area contributed by atoms with Crippen LogP contribution in [0.25, 0.3) is 16.7 Å². The van der Waals surface area contributed by atoms with E-state index in [0.717, 1.165) is 41.3 Å². The highest BCUT2D eigenvalue weighted by molar-refractivity contribution is 5.94. The molecule has 0 bridgehead atoms. The minimum Gasteiger partial charge on any atom is -0.354 e. The quantitative estimate of drug-likeness (QED) is 0.459. The zero-order valence-corrected chi connectivity index (χ0v) is 19.4. The Hall–Kier alpha value is -3.81. The highest BCUT2D eigenvalue weighted by atomic mass is 19.1. The van der Waals surface area contributed by atoms with Gasteiger partial charge in [0.25, 0.3) is 5.91 Å². The molecule has 1 saturated heterocycles. The summed E-state index contributed by atoms with van der Waals surface area (Å²) in [5.74, 6) is 0.830. The highest BCUT2D eigenvalue weighted by Crippen LogP contribution is 2.27. The zero-order valence-electron chi connectivity index (χ0n) is 19.4. The van der Waals surface area contributed by atoms with Crippen LogP contribution in [0, 0.1) is 12.7 Å². The summed E-state index contributed by atoms with van der Waals surface area (Å²) in [5, 5.41) is 5.50. The zero-order chi connectivity index (χ0) is 23.7. The topological polar surface area (TPSA) is 67.2 Å². The van der Waals surface area contributed by atoms with Crippen molar-refractivity contribution in [2.24, 2.45) is 0 Å². The fraction of sp³-hybridized carbons (Fsp3) is 0.308. The van der Waals surface area contributed by atoms with Gasteiger partial charge in [-0.3, -0.25) is 4.79 Å². The standard InChI is InChI=1S/C26H27FN6O/c1-3-23-29-24(21-17-28-33(25(21)30-23)19-11-9-18(2)10-12-19)31-13-6-14-32(16-15-31)26(34)20-7-4-5-8-22(20)27/h4-5,7-12,17H,3,6,13-16H2,1-2H3. The van der Waals surface area contributed by atoms with E-state index >= 15 is 0 Å². The number of anilines is 1. The second-order valence-electron chi connectivity index (χ2n) is 8.56. The lowest BCUT2D eigenvalue weighted by molar-refractivity contribution is 0.0762. The number of carbonyl (C=O) groups is 1. The van der Waals surface area contributed by atoms with Gasteiger partial charge in [0.15, 0.2) is 5.65 Å². The van der Waals surface area contributed by atoms with Gasteiger partial charge >= 0.3 is 0 Å². The molecular weight excluding hydrogens is 431 g/mol. The Labute approximate surface area is 197 Å². The average molecular weight is 459 g/mol. The third-order valence-electron chi connectivity index (χ3n) is 6.24. The molecule has 34 heavy (non-hydrogen) atoms. The predicted molar refractivity (Wildman–Crippen MR) is 130 cm³/mol. The van der Waals surface area contributed by atoms with Crippen LogP contribution in [0.5, 0.6) is 0 Å². The van der Waals surface area contributed by atoms with Crippen molar-refractivity contribution in [2.75, 3.05) is 31.1 Å². The van der Waals surface area contributed by atoms with E-state index in [1.165, 1.54) is 11.6 Å². The van der Waals surface area contributed by atoms with Gasteiger partial charge in [-0.15, -0.1) is 0 Å². The monoisotopic (exact) mass is 458 g/mol. The summed E-state index contributed by atoms with van der Waals surface area (Å²) in [6, 6.07) is 14.3. The summed E-state index contributed by atoms with van der Waals surface area (Å²) in [6.45, 7) is 6.50. The Morgan fingerprint density at radius 3 is 2.56 bits per heavy atom. The van der Waals surface area contributed by atoms with Crippen molar-refractivity contribution in [2.45, 2.75) is 26.7 Å². The molecular formula is C26H27FN6O. The molecule has 0 spiro atoms. The second-order valence-corrected chi connectivity index (χ2v) is 8.56. The van der Waals surface area contributed by atoms with E-state index in [1.807, 2.05) is 29.9 Å². The van der Waals surface area contributed by atoms with Gasteiger partial charge < -0.3 is 9.80 Å². The van der Waals surface area contributed by atoms with Gasteiger partial charge in [-0.2, -0.15) is 5.10 Å². The van der Waals surface area contributed by atoms with E-state index in [2.05, 4.69) is 29.1 Å². The number of benzene rings is 2. The van der Waals surface area contributed by atoms with E-state index in [-0.39, 0.29) is 11.5 Å². The Kier molecular flexibility index (Phi) is 5.96. The number of aromatic nitrogens is 4. The smallest absolute Gasteiger partial charge is 0.256 e. The number of fused-ring (bicyclic) bond motifs is 1. The second kappa shape index (κ2) is 9.21. The molecule has 2 aromatic heterocycles. The third kappa shape index (κ3) is 4.11. The summed E-state index contributed by atoms with van der Waals surface area (Å²) in [6.07, 6.45) is 3.28. The first-order valence-corrected chi connectivity index (χ1v) is 11.7. The molecule has 0 radical (unpaired) electrons. The largest absolute Gasteiger partial charge is 0.354 e. The molecule has 1 aliphatic rings. The molecule has 0 N–H and O–H groups in total. The first-order chi connectivity index (χ1) is 16.5. The number of carbonyl (C=O) groups excluding carboxylic acids is 1. The fourth-order valence-electron chi connectivity index (χ4n) is 4.35. The number of nitrogens with zero attached hydrogens (tertiary/aromatic N) is 6. The Morgan fingerprint density at radius 2 is 1.79 bits per heavy atom. The van der Waals surface area contributed by atoms with Crippen molar-refractivity contribution in [3.05, 3.63) is 77.5 Å². The molecule has 174 valence electrons. The van der Waals surface area contributed by atoms with Crippen LogP contribution in [0.1, 0.15) is 35.1 Å². The lowest BCUT2D eigenvalue weighted by atomic mass is 10.2. The van der Waals surface area contributed by atoms with E-state index in [9.17, 15) is 9.18 Å². The van der Waals surface area contributed by atoms with Gasteiger partial charge in [-0.25, -0.2) is 19.0 Å². The number of rotatable bonds is 4. The lowest BCUT2D eigenvalue weighted by Gasteiger charge is -2.24. The average Bonchev–Trinajstić information content (AvgIpc) is 3.12. The van der Waals surface area contributed by atoms with Crippen molar-refractivity contribution >= 4 is 22.8 Å². The van der Waals surface area contributed by atoms with Crippen LogP contribution in [0.3, 0.4) is 0 Å². The number of halogens is 1. The molecule has 0 saturated carbocycles. The maximum atomic E-state index is 14.2. The summed E-state index contributed by atoms with van der Waals surface area (Å²) in [5.41, 5.74) is 3.02. The van der Waals surface area contributed by atoms with E-state index in [0.29, 0.717) is 26.1 Å². The van der Waals surface area contributed by atoms with Gasteiger partial charge in [0, 0.05) is 32.6 Å². The first-order valence-electron chi connectivity index (χ1n) is 11.7. The molecule has 3 heterocycles. The Balaban J connectivity index is 1.45. The molecule has 7 nitrogen and oxygen atoms in total. The van der Waals surface area contributed by atoms with Crippen molar-refractivity contribution in [3.8, 4) is 5.69 Å². The molecule has 0 atom stereocenters. The van der Waals surface area contributed by atoms with Crippen LogP contribution in [-0.2, 0) is 6.42 Å².